The molecule has 1 N–H and O–H groups in total. The summed E-state index contributed by atoms with van der Waals surface area (Å²) in [4.78, 5) is 0. The van der Waals surface area contributed by atoms with Gasteiger partial charge in [-0.05, 0) is 53.2 Å². The van der Waals surface area contributed by atoms with Crippen molar-refractivity contribution in [2.75, 3.05) is 6.54 Å². The molecule has 3 atom stereocenters. The summed E-state index contributed by atoms with van der Waals surface area (Å²) in [5, 5.41) is 3.70. The van der Waals surface area contributed by atoms with E-state index in [4.69, 9.17) is 4.42 Å². The second-order valence-electron chi connectivity index (χ2n) is 6.51. The van der Waals surface area contributed by atoms with Crippen LogP contribution in [0.1, 0.15) is 52.7 Å². The van der Waals surface area contributed by atoms with Crippen molar-refractivity contribution < 1.29 is 4.42 Å². The molecule has 1 fully saturated rings. The van der Waals surface area contributed by atoms with Gasteiger partial charge >= 0.3 is 0 Å². The van der Waals surface area contributed by atoms with Crippen LogP contribution in [0.25, 0.3) is 0 Å². The summed E-state index contributed by atoms with van der Waals surface area (Å²) >= 11 is 3.63. The molecule has 1 heterocycles. The van der Waals surface area contributed by atoms with Crippen molar-refractivity contribution in [3.05, 3.63) is 22.6 Å². The molecule has 0 spiro atoms. The summed E-state index contributed by atoms with van der Waals surface area (Å²) in [5.74, 6) is 2.55. The maximum Gasteiger partial charge on any atom is 0.123 e. The normalized spacial score (nSPS) is 28.6. The van der Waals surface area contributed by atoms with Gasteiger partial charge in [-0.1, -0.05) is 34.1 Å². The zero-order valence-corrected chi connectivity index (χ0v) is 14.1. The molecule has 0 amide bonds. The van der Waals surface area contributed by atoms with E-state index < -0.39 is 0 Å². The first-order valence-electron chi connectivity index (χ1n) is 7.43. The fourth-order valence-electron chi connectivity index (χ4n) is 3.65. The van der Waals surface area contributed by atoms with Gasteiger partial charge in [-0.3, -0.25) is 0 Å². The van der Waals surface area contributed by atoms with Crippen molar-refractivity contribution in [3.63, 3.8) is 0 Å². The minimum absolute atomic E-state index is 0.0648. The van der Waals surface area contributed by atoms with Crippen LogP contribution in [0.4, 0.5) is 0 Å². The fourth-order valence-corrected chi connectivity index (χ4v) is 4.37. The monoisotopic (exact) mass is 327 g/mol. The van der Waals surface area contributed by atoms with Crippen LogP contribution >= 0.6 is 15.9 Å². The van der Waals surface area contributed by atoms with E-state index in [1.165, 1.54) is 19.3 Å². The van der Waals surface area contributed by atoms with Gasteiger partial charge in [0.25, 0.3) is 0 Å². The van der Waals surface area contributed by atoms with E-state index in [1.54, 1.807) is 6.26 Å². The highest BCUT2D eigenvalue weighted by Gasteiger charge is 2.42. The molecule has 0 saturated heterocycles. The highest BCUT2D eigenvalue weighted by molar-refractivity contribution is 9.10. The van der Waals surface area contributed by atoms with Crippen LogP contribution < -0.4 is 5.32 Å². The molecule has 0 aliphatic heterocycles. The maximum absolute atomic E-state index is 5.76. The van der Waals surface area contributed by atoms with Crippen molar-refractivity contribution >= 4 is 15.9 Å². The molecule has 0 radical (unpaired) electrons. The standard InChI is InChI=1S/C16H26BrNO/c1-5-18-14-10-11(2)6-7-12(14)16(3,4)15-13(17)8-9-19-15/h8-9,11-12,14,18H,5-7,10H2,1-4H3. The first kappa shape index (κ1) is 15.1. The van der Waals surface area contributed by atoms with Gasteiger partial charge in [0.1, 0.15) is 5.76 Å². The quantitative estimate of drug-likeness (QED) is 0.864. The summed E-state index contributed by atoms with van der Waals surface area (Å²) in [6.07, 6.45) is 5.67. The molecule has 19 heavy (non-hydrogen) atoms. The minimum atomic E-state index is 0.0648. The van der Waals surface area contributed by atoms with Crippen LogP contribution in [-0.2, 0) is 5.41 Å². The van der Waals surface area contributed by atoms with Crippen LogP contribution in [0.15, 0.2) is 21.2 Å². The van der Waals surface area contributed by atoms with Gasteiger partial charge in [0.05, 0.1) is 10.7 Å². The van der Waals surface area contributed by atoms with Crippen molar-refractivity contribution in [2.45, 2.75) is 58.4 Å². The summed E-state index contributed by atoms with van der Waals surface area (Å²) in [7, 11) is 0. The summed E-state index contributed by atoms with van der Waals surface area (Å²) < 4.78 is 6.86. The van der Waals surface area contributed by atoms with Gasteiger partial charge in [0.15, 0.2) is 0 Å². The Hall–Kier alpha value is -0.280. The topological polar surface area (TPSA) is 25.2 Å². The smallest absolute Gasteiger partial charge is 0.123 e. The Morgan fingerprint density at radius 2 is 2.16 bits per heavy atom. The van der Waals surface area contributed by atoms with Crippen LogP contribution in [0, 0.1) is 11.8 Å². The van der Waals surface area contributed by atoms with Crippen LogP contribution in [0.5, 0.6) is 0 Å². The van der Waals surface area contributed by atoms with Gasteiger partial charge in [0, 0.05) is 11.5 Å². The van der Waals surface area contributed by atoms with Crippen LogP contribution in [0.2, 0.25) is 0 Å². The zero-order valence-electron chi connectivity index (χ0n) is 12.5. The molecule has 108 valence electrons. The number of hydrogen-bond acceptors (Lipinski definition) is 2. The molecule has 1 aliphatic carbocycles. The Labute approximate surface area is 125 Å². The number of rotatable bonds is 4. The lowest BCUT2D eigenvalue weighted by Crippen LogP contribution is -2.48. The molecule has 1 aromatic rings. The second kappa shape index (κ2) is 6.01. The molecule has 3 unspecified atom stereocenters. The van der Waals surface area contributed by atoms with Crippen molar-refractivity contribution in [1.29, 1.82) is 0 Å². The van der Waals surface area contributed by atoms with E-state index in [0.29, 0.717) is 12.0 Å². The predicted molar refractivity (Wildman–Crippen MR) is 83.4 cm³/mol. The molecule has 1 aliphatic rings. The molecule has 2 rings (SSSR count). The molecule has 2 nitrogen and oxygen atoms in total. The largest absolute Gasteiger partial charge is 0.468 e. The highest BCUT2D eigenvalue weighted by atomic mass is 79.9. The van der Waals surface area contributed by atoms with Gasteiger partial charge < -0.3 is 9.73 Å². The third kappa shape index (κ3) is 3.08. The summed E-state index contributed by atoms with van der Waals surface area (Å²) in [6, 6.07) is 2.60. The lowest BCUT2D eigenvalue weighted by molar-refractivity contribution is 0.131. The van der Waals surface area contributed by atoms with E-state index in [9.17, 15) is 0 Å². The molecular weight excluding hydrogens is 302 g/mol. The van der Waals surface area contributed by atoms with Crippen LogP contribution in [-0.4, -0.2) is 12.6 Å². The van der Waals surface area contributed by atoms with E-state index >= 15 is 0 Å². The highest BCUT2D eigenvalue weighted by Crippen LogP contribution is 2.44. The van der Waals surface area contributed by atoms with Gasteiger partial charge in [0.2, 0.25) is 0 Å². The molecule has 3 heteroatoms. The molecule has 1 aromatic heterocycles. The average Bonchev–Trinajstić information content (AvgIpc) is 2.76. The lowest BCUT2D eigenvalue weighted by atomic mass is 9.65. The molecule has 0 bridgehead atoms. The summed E-state index contributed by atoms with van der Waals surface area (Å²) in [5.41, 5.74) is 0.0648. The third-order valence-electron chi connectivity index (χ3n) is 4.71. The average molecular weight is 328 g/mol. The second-order valence-corrected chi connectivity index (χ2v) is 7.36. The Kier molecular flexibility index (Phi) is 4.78. The van der Waals surface area contributed by atoms with E-state index in [2.05, 4.69) is 48.9 Å². The van der Waals surface area contributed by atoms with Crippen molar-refractivity contribution in [2.24, 2.45) is 11.8 Å². The number of furan rings is 1. The minimum Gasteiger partial charge on any atom is -0.468 e. The molecular formula is C16H26BrNO. The molecule has 1 saturated carbocycles. The fraction of sp³-hybridized carbons (Fsp3) is 0.750. The molecule has 0 aromatic carbocycles. The summed E-state index contributed by atoms with van der Waals surface area (Å²) in [6.45, 7) is 10.3. The number of hydrogen-bond donors (Lipinski definition) is 1. The predicted octanol–water partition coefficient (Wildman–Crippen LogP) is 4.73. The van der Waals surface area contributed by atoms with Gasteiger partial charge in [-0.25, -0.2) is 0 Å². The van der Waals surface area contributed by atoms with E-state index in [-0.39, 0.29) is 5.41 Å². The zero-order chi connectivity index (χ0) is 14.0. The Morgan fingerprint density at radius 3 is 2.74 bits per heavy atom. The lowest BCUT2D eigenvalue weighted by Gasteiger charge is -2.43. The Balaban J connectivity index is 2.24. The van der Waals surface area contributed by atoms with E-state index in [1.807, 2.05) is 6.07 Å². The maximum atomic E-state index is 5.76. The van der Waals surface area contributed by atoms with Gasteiger partial charge in [-0.15, -0.1) is 0 Å². The Morgan fingerprint density at radius 1 is 1.42 bits per heavy atom. The van der Waals surface area contributed by atoms with Crippen molar-refractivity contribution in [3.8, 4) is 0 Å². The van der Waals surface area contributed by atoms with E-state index in [0.717, 1.165) is 22.7 Å². The first-order valence-corrected chi connectivity index (χ1v) is 8.23. The van der Waals surface area contributed by atoms with Crippen LogP contribution in [0.3, 0.4) is 0 Å². The number of nitrogens with one attached hydrogen (secondary N) is 1. The number of halogens is 1. The first-order chi connectivity index (χ1) is 8.96. The SMILES string of the molecule is CCNC1CC(C)CCC1C(C)(C)c1occc1Br. The van der Waals surface area contributed by atoms with Gasteiger partial charge in [-0.2, -0.15) is 0 Å². The van der Waals surface area contributed by atoms with Crippen molar-refractivity contribution in [1.82, 2.24) is 5.32 Å². The Bertz CT molecular complexity index is 413. The third-order valence-corrected chi connectivity index (χ3v) is 5.33.